The van der Waals surface area contributed by atoms with Crippen molar-refractivity contribution in [3.05, 3.63) is 59.5 Å². The van der Waals surface area contributed by atoms with Crippen LogP contribution in [0.5, 0.6) is 5.75 Å². The Hall–Kier alpha value is -2.86. The van der Waals surface area contributed by atoms with E-state index in [2.05, 4.69) is 10.3 Å². The van der Waals surface area contributed by atoms with Crippen LogP contribution in [0.25, 0.3) is 11.3 Å². The van der Waals surface area contributed by atoms with Crippen LogP contribution in [0.1, 0.15) is 10.4 Å². The van der Waals surface area contributed by atoms with E-state index in [1.54, 1.807) is 31.4 Å². The minimum Gasteiger partial charge on any atom is -0.496 e. The second-order valence-corrected chi connectivity index (χ2v) is 5.60. The van der Waals surface area contributed by atoms with Gasteiger partial charge in [0, 0.05) is 16.6 Å². The molecule has 0 unspecified atom stereocenters. The Labute approximate surface area is 137 Å². The molecule has 6 heteroatoms. The maximum Gasteiger partial charge on any atom is 0.335 e. The van der Waals surface area contributed by atoms with Gasteiger partial charge < -0.3 is 15.2 Å². The molecule has 0 atom stereocenters. The van der Waals surface area contributed by atoms with Gasteiger partial charge in [-0.1, -0.05) is 12.1 Å². The van der Waals surface area contributed by atoms with Crippen molar-refractivity contribution in [1.29, 1.82) is 0 Å². The number of hydrogen-bond donors (Lipinski definition) is 2. The zero-order chi connectivity index (χ0) is 16.2. The molecule has 2 aromatic carbocycles. The molecule has 0 fully saturated rings. The molecule has 2 N–H and O–H groups in total. The standard InChI is InChI=1S/C17H14N2O3S/c1-22-15-5-3-2-4-13(15)14-10-23-17(19-14)18-12-8-6-11(7-9-12)16(20)21/h2-10H,1H3,(H,18,19)(H,20,21). The van der Waals surface area contributed by atoms with Gasteiger partial charge in [-0.2, -0.15) is 0 Å². The SMILES string of the molecule is COc1ccccc1-c1csc(Nc2ccc(C(=O)O)cc2)n1. The number of hydrogen-bond acceptors (Lipinski definition) is 5. The number of carboxylic acids is 1. The molecule has 0 saturated carbocycles. The van der Waals surface area contributed by atoms with E-state index in [1.165, 1.54) is 11.3 Å². The van der Waals surface area contributed by atoms with Crippen molar-refractivity contribution in [1.82, 2.24) is 4.98 Å². The summed E-state index contributed by atoms with van der Waals surface area (Å²) >= 11 is 1.47. The predicted molar refractivity (Wildman–Crippen MR) is 90.8 cm³/mol. The summed E-state index contributed by atoms with van der Waals surface area (Å²) in [5.74, 6) is -0.167. The fourth-order valence-corrected chi connectivity index (χ4v) is 2.86. The molecule has 23 heavy (non-hydrogen) atoms. The van der Waals surface area contributed by atoms with Crippen molar-refractivity contribution in [2.45, 2.75) is 0 Å². The van der Waals surface area contributed by atoms with E-state index in [-0.39, 0.29) is 5.56 Å². The molecule has 0 radical (unpaired) electrons. The molecule has 116 valence electrons. The van der Waals surface area contributed by atoms with E-state index in [0.29, 0.717) is 0 Å². The first kappa shape index (κ1) is 15.1. The Bertz CT molecular complexity index is 828. The predicted octanol–water partition coefficient (Wildman–Crippen LogP) is 4.26. The molecule has 5 nitrogen and oxygen atoms in total. The van der Waals surface area contributed by atoms with E-state index >= 15 is 0 Å². The van der Waals surface area contributed by atoms with Crippen molar-refractivity contribution in [3.63, 3.8) is 0 Å². The van der Waals surface area contributed by atoms with Gasteiger partial charge >= 0.3 is 5.97 Å². The van der Waals surface area contributed by atoms with E-state index in [9.17, 15) is 4.79 Å². The number of carbonyl (C=O) groups is 1. The van der Waals surface area contributed by atoms with Crippen LogP contribution >= 0.6 is 11.3 Å². The van der Waals surface area contributed by atoms with Gasteiger partial charge in [0.05, 0.1) is 18.4 Å². The van der Waals surface area contributed by atoms with E-state index in [4.69, 9.17) is 9.84 Å². The van der Waals surface area contributed by atoms with Crippen LogP contribution in [0.4, 0.5) is 10.8 Å². The van der Waals surface area contributed by atoms with Crippen molar-refractivity contribution >= 4 is 28.1 Å². The van der Waals surface area contributed by atoms with Crippen LogP contribution in [0.15, 0.2) is 53.9 Å². The number of nitrogens with zero attached hydrogens (tertiary/aromatic N) is 1. The summed E-state index contributed by atoms with van der Waals surface area (Å²) in [6.07, 6.45) is 0. The number of aromatic carboxylic acids is 1. The number of benzene rings is 2. The number of ether oxygens (including phenoxy) is 1. The lowest BCUT2D eigenvalue weighted by atomic mass is 10.1. The first-order valence-electron chi connectivity index (χ1n) is 6.86. The number of aromatic nitrogens is 1. The van der Waals surface area contributed by atoms with Crippen LogP contribution in [0.3, 0.4) is 0 Å². The van der Waals surface area contributed by atoms with E-state index in [0.717, 1.165) is 27.8 Å². The highest BCUT2D eigenvalue weighted by Crippen LogP contribution is 2.32. The molecule has 0 aliphatic heterocycles. The third-order valence-electron chi connectivity index (χ3n) is 3.27. The Kier molecular flexibility index (Phi) is 4.25. The molecule has 0 saturated heterocycles. The topological polar surface area (TPSA) is 71.5 Å². The molecule has 0 spiro atoms. The van der Waals surface area contributed by atoms with Gasteiger partial charge in [0.2, 0.25) is 0 Å². The molecule has 0 amide bonds. The monoisotopic (exact) mass is 326 g/mol. The fourth-order valence-electron chi connectivity index (χ4n) is 2.13. The number of rotatable bonds is 5. The minimum atomic E-state index is -0.941. The van der Waals surface area contributed by atoms with Gasteiger partial charge in [-0.3, -0.25) is 0 Å². The molecule has 3 aromatic rings. The lowest BCUT2D eigenvalue weighted by Gasteiger charge is -2.05. The average molecular weight is 326 g/mol. The second-order valence-electron chi connectivity index (χ2n) is 4.75. The summed E-state index contributed by atoms with van der Waals surface area (Å²) in [5, 5.41) is 14.8. The highest BCUT2D eigenvalue weighted by atomic mass is 32.1. The normalized spacial score (nSPS) is 10.3. The molecular weight excluding hydrogens is 312 g/mol. The van der Waals surface area contributed by atoms with E-state index in [1.807, 2.05) is 29.6 Å². The largest absolute Gasteiger partial charge is 0.496 e. The van der Waals surface area contributed by atoms with Gasteiger partial charge in [-0.25, -0.2) is 9.78 Å². The van der Waals surface area contributed by atoms with Crippen LogP contribution in [-0.4, -0.2) is 23.2 Å². The second kappa shape index (κ2) is 6.50. The number of nitrogens with one attached hydrogen (secondary N) is 1. The number of para-hydroxylation sites is 1. The molecule has 1 heterocycles. The Morgan fingerprint density at radius 2 is 1.91 bits per heavy atom. The number of anilines is 2. The maximum absolute atomic E-state index is 10.8. The van der Waals surface area contributed by atoms with Crippen molar-refractivity contribution in [2.75, 3.05) is 12.4 Å². The quantitative estimate of drug-likeness (QED) is 0.733. The summed E-state index contributed by atoms with van der Waals surface area (Å²) in [4.78, 5) is 15.4. The maximum atomic E-state index is 10.8. The number of methoxy groups -OCH3 is 1. The smallest absolute Gasteiger partial charge is 0.335 e. The number of carboxylic acid groups (broad SMARTS) is 1. The van der Waals surface area contributed by atoms with Crippen LogP contribution in [0, 0.1) is 0 Å². The zero-order valence-corrected chi connectivity index (χ0v) is 13.1. The van der Waals surface area contributed by atoms with Gasteiger partial charge in [-0.05, 0) is 36.4 Å². The lowest BCUT2D eigenvalue weighted by molar-refractivity contribution is 0.0697. The zero-order valence-electron chi connectivity index (χ0n) is 12.3. The molecule has 3 rings (SSSR count). The summed E-state index contributed by atoms with van der Waals surface area (Å²) in [7, 11) is 1.63. The first-order valence-corrected chi connectivity index (χ1v) is 7.74. The highest BCUT2D eigenvalue weighted by Gasteiger charge is 2.09. The Morgan fingerprint density at radius 3 is 2.61 bits per heavy atom. The highest BCUT2D eigenvalue weighted by molar-refractivity contribution is 7.14. The van der Waals surface area contributed by atoms with Crippen molar-refractivity contribution in [3.8, 4) is 17.0 Å². The fraction of sp³-hybridized carbons (Fsp3) is 0.0588. The summed E-state index contributed by atoms with van der Waals surface area (Å²) in [6, 6.07) is 14.2. The molecule has 1 aromatic heterocycles. The molecule has 0 aliphatic carbocycles. The van der Waals surface area contributed by atoms with E-state index < -0.39 is 5.97 Å². The van der Waals surface area contributed by atoms with Crippen LogP contribution in [-0.2, 0) is 0 Å². The van der Waals surface area contributed by atoms with Crippen LogP contribution in [0.2, 0.25) is 0 Å². The Balaban J connectivity index is 1.80. The molecule has 0 bridgehead atoms. The van der Waals surface area contributed by atoms with Gasteiger partial charge in [0.25, 0.3) is 0 Å². The van der Waals surface area contributed by atoms with Gasteiger partial charge in [-0.15, -0.1) is 11.3 Å². The summed E-state index contributed by atoms with van der Waals surface area (Å²) < 4.78 is 5.35. The number of thiazole rings is 1. The van der Waals surface area contributed by atoms with Crippen LogP contribution < -0.4 is 10.1 Å². The minimum absolute atomic E-state index is 0.254. The third-order valence-corrected chi connectivity index (χ3v) is 4.03. The third kappa shape index (κ3) is 3.32. The molecular formula is C17H14N2O3S. The summed E-state index contributed by atoms with van der Waals surface area (Å²) in [6.45, 7) is 0. The molecule has 0 aliphatic rings. The first-order chi connectivity index (χ1) is 11.2. The summed E-state index contributed by atoms with van der Waals surface area (Å²) in [5.41, 5.74) is 2.80. The van der Waals surface area contributed by atoms with Crippen molar-refractivity contribution < 1.29 is 14.6 Å². The van der Waals surface area contributed by atoms with Gasteiger partial charge in [0.15, 0.2) is 5.13 Å². The van der Waals surface area contributed by atoms with Gasteiger partial charge in [0.1, 0.15) is 5.75 Å². The lowest BCUT2D eigenvalue weighted by Crippen LogP contribution is -1.96. The average Bonchev–Trinajstić information content (AvgIpc) is 3.03. The van der Waals surface area contributed by atoms with Crippen molar-refractivity contribution in [2.24, 2.45) is 0 Å². The Morgan fingerprint density at radius 1 is 1.17 bits per heavy atom.